The van der Waals surface area contributed by atoms with E-state index in [1.807, 2.05) is 18.2 Å². The molecule has 0 aromatic heterocycles. The molecule has 0 radical (unpaired) electrons. The number of hydrogen-bond acceptors (Lipinski definition) is 5. The minimum atomic E-state index is -0.0788. The summed E-state index contributed by atoms with van der Waals surface area (Å²) < 4.78 is 10.8. The number of carbonyl (C=O) groups excluding carboxylic acids is 1. The lowest BCUT2D eigenvalue weighted by molar-refractivity contribution is 0.0162. The third-order valence-corrected chi connectivity index (χ3v) is 6.11. The Kier molecular flexibility index (Phi) is 6.55. The predicted octanol–water partition coefficient (Wildman–Crippen LogP) is 2.88. The number of nitrogens with zero attached hydrogens (tertiary/aromatic N) is 2. The molecule has 1 atom stereocenters. The number of benzene rings is 2. The van der Waals surface area contributed by atoms with E-state index in [4.69, 9.17) is 9.47 Å². The summed E-state index contributed by atoms with van der Waals surface area (Å²) in [5.41, 5.74) is 4.60. The highest BCUT2D eigenvalue weighted by Gasteiger charge is 2.25. The van der Waals surface area contributed by atoms with Gasteiger partial charge in [-0.3, -0.25) is 9.69 Å². The number of hydrogen-bond donors (Lipinski definition) is 1. The van der Waals surface area contributed by atoms with Gasteiger partial charge in [-0.05, 0) is 48.2 Å². The number of methoxy groups -OCH3 is 1. The Morgan fingerprint density at radius 3 is 2.80 bits per heavy atom. The van der Waals surface area contributed by atoms with Gasteiger partial charge in [0.05, 0.1) is 26.4 Å². The highest BCUT2D eigenvalue weighted by atomic mass is 16.5. The molecule has 1 saturated heterocycles. The molecular weight excluding hydrogens is 378 g/mol. The van der Waals surface area contributed by atoms with E-state index in [1.54, 1.807) is 13.2 Å². The maximum atomic E-state index is 12.8. The molecule has 160 valence electrons. The average Bonchev–Trinajstić information content (AvgIpc) is 2.80. The molecule has 4 rings (SSSR count). The van der Waals surface area contributed by atoms with Gasteiger partial charge in [0.2, 0.25) is 0 Å². The van der Waals surface area contributed by atoms with Crippen molar-refractivity contribution in [2.24, 2.45) is 0 Å². The largest absolute Gasteiger partial charge is 0.497 e. The third-order valence-electron chi connectivity index (χ3n) is 6.11. The number of nitrogens with one attached hydrogen (secondary N) is 1. The summed E-state index contributed by atoms with van der Waals surface area (Å²) in [6.07, 6.45) is 2.29. The first kappa shape index (κ1) is 20.7. The number of ether oxygens (including phenoxy) is 2. The lowest BCUT2D eigenvalue weighted by Gasteiger charge is -2.36. The third kappa shape index (κ3) is 4.60. The van der Waals surface area contributed by atoms with Gasteiger partial charge in [-0.2, -0.15) is 0 Å². The van der Waals surface area contributed by atoms with Gasteiger partial charge in [-0.25, -0.2) is 0 Å². The molecule has 2 heterocycles. The second kappa shape index (κ2) is 9.49. The van der Waals surface area contributed by atoms with Crippen LogP contribution in [0.1, 0.15) is 33.9 Å². The molecule has 6 heteroatoms. The van der Waals surface area contributed by atoms with Crippen LogP contribution in [-0.2, 0) is 11.2 Å². The van der Waals surface area contributed by atoms with Crippen LogP contribution in [0.5, 0.6) is 5.75 Å². The minimum Gasteiger partial charge on any atom is -0.497 e. The van der Waals surface area contributed by atoms with Crippen molar-refractivity contribution in [1.82, 2.24) is 10.2 Å². The first-order valence-electron chi connectivity index (χ1n) is 10.7. The maximum Gasteiger partial charge on any atom is 0.251 e. The van der Waals surface area contributed by atoms with Gasteiger partial charge in [0.15, 0.2) is 0 Å². The van der Waals surface area contributed by atoms with Crippen LogP contribution in [0, 0.1) is 0 Å². The van der Waals surface area contributed by atoms with Crippen LogP contribution in [0.2, 0.25) is 0 Å². The molecule has 1 amide bonds. The Balaban J connectivity index is 1.53. The molecule has 0 aliphatic carbocycles. The number of aryl methyl sites for hydroxylation is 1. The second-order valence-corrected chi connectivity index (χ2v) is 8.02. The van der Waals surface area contributed by atoms with Crippen LogP contribution < -0.4 is 15.0 Å². The molecule has 1 N–H and O–H groups in total. The molecule has 30 heavy (non-hydrogen) atoms. The molecule has 6 nitrogen and oxygen atoms in total. The Bertz CT molecular complexity index is 880. The van der Waals surface area contributed by atoms with Crippen molar-refractivity contribution in [2.75, 3.05) is 58.5 Å². The van der Waals surface area contributed by atoms with Gasteiger partial charge in [0.1, 0.15) is 5.75 Å². The topological polar surface area (TPSA) is 54.0 Å². The smallest absolute Gasteiger partial charge is 0.251 e. The number of fused-ring (bicyclic) bond motifs is 1. The standard InChI is InChI=1S/C24H31N3O3/c1-26-10-4-6-18-15-19(8-9-22(18)26)23(27-11-13-30-14-12-27)17-25-24(28)20-5-3-7-21(16-20)29-2/h3,5,7-9,15-16,23H,4,6,10-14,17H2,1-2H3,(H,25,28). The van der Waals surface area contributed by atoms with Crippen LogP contribution in [0.3, 0.4) is 0 Å². The first-order chi connectivity index (χ1) is 14.7. The zero-order chi connectivity index (χ0) is 20.9. The number of rotatable bonds is 6. The summed E-state index contributed by atoms with van der Waals surface area (Å²) in [5, 5.41) is 3.15. The molecule has 2 aromatic carbocycles. The number of amides is 1. The van der Waals surface area contributed by atoms with Crippen molar-refractivity contribution in [2.45, 2.75) is 18.9 Å². The van der Waals surface area contributed by atoms with Crippen molar-refractivity contribution < 1.29 is 14.3 Å². The van der Waals surface area contributed by atoms with E-state index in [0.29, 0.717) is 17.9 Å². The Labute approximate surface area is 178 Å². The Hall–Kier alpha value is -2.57. The Morgan fingerprint density at radius 2 is 2.00 bits per heavy atom. The van der Waals surface area contributed by atoms with Crippen molar-refractivity contribution in [1.29, 1.82) is 0 Å². The first-order valence-corrected chi connectivity index (χ1v) is 10.7. The van der Waals surface area contributed by atoms with Crippen LogP contribution in [0.25, 0.3) is 0 Å². The van der Waals surface area contributed by atoms with Gasteiger partial charge >= 0.3 is 0 Å². The zero-order valence-electron chi connectivity index (χ0n) is 17.9. The van der Waals surface area contributed by atoms with Crippen molar-refractivity contribution >= 4 is 11.6 Å². The van der Waals surface area contributed by atoms with E-state index in [2.05, 4.69) is 40.4 Å². The summed E-state index contributed by atoms with van der Waals surface area (Å²) in [7, 11) is 3.77. The van der Waals surface area contributed by atoms with Crippen LogP contribution in [-0.4, -0.2) is 64.4 Å². The van der Waals surface area contributed by atoms with Crippen molar-refractivity contribution in [3.05, 3.63) is 59.2 Å². The van der Waals surface area contributed by atoms with E-state index in [1.165, 1.54) is 23.2 Å². The molecule has 2 aliphatic rings. The molecule has 2 aromatic rings. The van der Waals surface area contributed by atoms with Crippen LogP contribution >= 0.6 is 0 Å². The number of anilines is 1. The number of carbonyl (C=O) groups is 1. The van der Waals surface area contributed by atoms with E-state index in [-0.39, 0.29) is 11.9 Å². The van der Waals surface area contributed by atoms with Gasteiger partial charge in [0.25, 0.3) is 5.91 Å². The molecule has 1 unspecified atom stereocenters. The van der Waals surface area contributed by atoms with Gasteiger partial charge in [-0.15, -0.1) is 0 Å². The summed E-state index contributed by atoms with van der Waals surface area (Å²) in [4.78, 5) is 17.5. The molecule has 0 spiro atoms. The lowest BCUT2D eigenvalue weighted by Crippen LogP contribution is -2.44. The molecule has 0 bridgehead atoms. The lowest BCUT2D eigenvalue weighted by atomic mass is 9.95. The van der Waals surface area contributed by atoms with Gasteiger partial charge in [0, 0.05) is 44.5 Å². The fourth-order valence-corrected chi connectivity index (χ4v) is 4.42. The average molecular weight is 410 g/mol. The zero-order valence-corrected chi connectivity index (χ0v) is 17.9. The molecule has 1 fully saturated rings. The highest BCUT2D eigenvalue weighted by molar-refractivity contribution is 5.94. The summed E-state index contributed by atoms with van der Waals surface area (Å²) in [5.74, 6) is 0.607. The quantitative estimate of drug-likeness (QED) is 0.795. The van der Waals surface area contributed by atoms with E-state index < -0.39 is 0 Å². The summed E-state index contributed by atoms with van der Waals surface area (Å²) in [6, 6.07) is 14.2. The van der Waals surface area contributed by atoms with E-state index in [0.717, 1.165) is 39.3 Å². The van der Waals surface area contributed by atoms with Crippen LogP contribution in [0.4, 0.5) is 5.69 Å². The van der Waals surface area contributed by atoms with E-state index >= 15 is 0 Å². The second-order valence-electron chi connectivity index (χ2n) is 8.02. The van der Waals surface area contributed by atoms with Gasteiger partial charge < -0.3 is 19.7 Å². The predicted molar refractivity (Wildman–Crippen MR) is 118 cm³/mol. The maximum absolute atomic E-state index is 12.8. The van der Waals surface area contributed by atoms with Crippen molar-refractivity contribution in [3.8, 4) is 5.75 Å². The Morgan fingerprint density at radius 1 is 1.17 bits per heavy atom. The SMILES string of the molecule is COc1cccc(C(=O)NCC(c2ccc3c(c2)CCCN3C)N2CCOCC2)c1. The fourth-order valence-electron chi connectivity index (χ4n) is 4.42. The van der Waals surface area contributed by atoms with Gasteiger partial charge in [-0.1, -0.05) is 18.2 Å². The minimum absolute atomic E-state index is 0.0788. The fraction of sp³-hybridized carbons (Fsp3) is 0.458. The normalized spacial score (nSPS) is 17.9. The summed E-state index contributed by atoms with van der Waals surface area (Å²) >= 11 is 0. The van der Waals surface area contributed by atoms with E-state index in [9.17, 15) is 4.79 Å². The number of morpholine rings is 1. The molecular formula is C24H31N3O3. The molecule has 2 aliphatic heterocycles. The van der Waals surface area contributed by atoms with Crippen molar-refractivity contribution in [3.63, 3.8) is 0 Å². The molecule has 0 saturated carbocycles. The highest BCUT2D eigenvalue weighted by Crippen LogP contribution is 2.31. The monoisotopic (exact) mass is 409 g/mol. The summed E-state index contributed by atoms with van der Waals surface area (Å²) in [6.45, 7) is 4.87. The van der Waals surface area contributed by atoms with Crippen LogP contribution in [0.15, 0.2) is 42.5 Å².